The molecule has 0 aliphatic heterocycles. The summed E-state index contributed by atoms with van der Waals surface area (Å²) in [6.07, 6.45) is 1.96. The van der Waals surface area contributed by atoms with Crippen LogP contribution in [0.15, 0.2) is 70.6 Å². The van der Waals surface area contributed by atoms with Crippen LogP contribution in [-0.2, 0) is 25.8 Å². The summed E-state index contributed by atoms with van der Waals surface area (Å²) >= 11 is 0. The molecule has 0 atom stereocenters. The summed E-state index contributed by atoms with van der Waals surface area (Å²) in [6, 6.07) is 15.4. The highest BCUT2D eigenvalue weighted by atomic mass is 32.2. The molecule has 0 saturated heterocycles. The van der Waals surface area contributed by atoms with Crippen molar-refractivity contribution in [2.75, 3.05) is 12.4 Å². The zero-order valence-corrected chi connectivity index (χ0v) is 14.3. The molecule has 0 aliphatic carbocycles. The van der Waals surface area contributed by atoms with Crippen molar-refractivity contribution in [1.82, 2.24) is 0 Å². The van der Waals surface area contributed by atoms with Crippen LogP contribution in [0, 0.1) is 0 Å². The number of hydrogen-bond donors (Lipinski definition) is 1. The van der Waals surface area contributed by atoms with Crippen LogP contribution in [0.5, 0.6) is 0 Å². The summed E-state index contributed by atoms with van der Waals surface area (Å²) in [7, 11) is -2.84. The van der Waals surface area contributed by atoms with Crippen LogP contribution >= 0.6 is 0 Å². The van der Waals surface area contributed by atoms with Gasteiger partial charge in [0.15, 0.2) is 4.91 Å². The van der Waals surface area contributed by atoms with Gasteiger partial charge in [-0.15, -0.1) is 0 Å². The van der Waals surface area contributed by atoms with E-state index < -0.39 is 20.7 Å². The fourth-order valence-corrected chi connectivity index (χ4v) is 3.33. The number of nitrogens with one attached hydrogen (secondary N) is 1. The molecular formula is C18H19NO4S. The molecule has 126 valence electrons. The van der Waals surface area contributed by atoms with E-state index in [9.17, 15) is 13.2 Å². The number of esters is 1. The first kappa shape index (κ1) is 17.7. The Bertz CT molecular complexity index is 825. The van der Waals surface area contributed by atoms with E-state index in [1.54, 1.807) is 36.4 Å². The lowest BCUT2D eigenvalue weighted by Crippen LogP contribution is -2.17. The van der Waals surface area contributed by atoms with Gasteiger partial charge in [-0.1, -0.05) is 37.3 Å². The summed E-state index contributed by atoms with van der Waals surface area (Å²) in [5.41, 5.74) is 1.68. The number of hydrogen-bond acceptors (Lipinski definition) is 5. The van der Waals surface area contributed by atoms with Gasteiger partial charge < -0.3 is 10.1 Å². The fourth-order valence-electron chi connectivity index (χ4n) is 2.06. The molecule has 2 aromatic carbocycles. The fraction of sp³-hybridized carbons (Fsp3) is 0.167. The average molecular weight is 345 g/mol. The molecular weight excluding hydrogens is 326 g/mol. The quantitative estimate of drug-likeness (QED) is 0.643. The Hall–Kier alpha value is -2.60. The van der Waals surface area contributed by atoms with Gasteiger partial charge in [-0.2, -0.15) is 0 Å². The Balaban J connectivity index is 2.40. The van der Waals surface area contributed by atoms with Crippen LogP contribution in [0.4, 0.5) is 5.69 Å². The van der Waals surface area contributed by atoms with E-state index in [-0.39, 0.29) is 4.90 Å². The van der Waals surface area contributed by atoms with Gasteiger partial charge in [-0.05, 0) is 36.2 Å². The first-order valence-electron chi connectivity index (χ1n) is 7.43. The second-order valence-electron chi connectivity index (χ2n) is 5.01. The van der Waals surface area contributed by atoms with Crippen LogP contribution in [0.3, 0.4) is 0 Å². The molecule has 0 saturated carbocycles. The third kappa shape index (κ3) is 4.02. The Morgan fingerprint density at radius 2 is 1.71 bits per heavy atom. The molecule has 6 heteroatoms. The molecule has 0 fully saturated rings. The maximum atomic E-state index is 12.7. The van der Waals surface area contributed by atoms with Crippen LogP contribution in [-0.4, -0.2) is 21.5 Å². The molecule has 0 aromatic heterocycles. The van der Waals surface area contributed by atoms with Crippen LogP contribution in [0.25, 0.3) is 0 Å². The third-order valence-electron chi connectivity index (χ3n) is 3.46. The first-order valence-corrected chi connectivity index (χ1v) is 8.91. The maximum Gasteiger partial charge on any atom is 0.351 e. The number of ether oxygens (including phenoxy) is 1. The van der Waals surface area contributed by atoms with Crippen LogP contribution in [0.1, 0.15) is 12.5 Å². The Morgan fingerprint density at radius 3 is 2.25 bits per heavy atom. The summed E-state index contributed by atoms with van der Waals surface area (Å²) in [5, 5.41) is 2.82. The number of carbonyl (C=O) groups excluding carboxylic acids is 1. The molecule has 0 heterocycles. The summed E-state index contributed by atoms with van der Waals surface area (Å²) < 4.78 is 30.1. The number of rotatable bonds is 6. The second-order valence-corrected chi connectivity index (χ2v) is 6.93. The van der Waals surface area contributed by atoms with Crippen molar-refractivity contribution in [3.8, 4) is 0 Å². The molecule has 24 heavy (non-hydrogen) atoms. The van der Waals surface area contributed by atoms with E-state index in [0.717, 1.165) is 25.3 Å². The Morgan fingerprint density at radius 1 is 1.08 bits per heavy atom. The van der Waals surface area contributed by atoms with Gasteiger partial charge in [0, 0.05) is 11.9 Å². The zero-order valence-electron chi connectivity index (χ0n) is 13.5. The van der Waals surface area contributed by atoms with E-state index in [4.69, 9.17) is 0 Å². The molecule has 0 spiro atoms. The van der Waals surface area contributed by atoms with Crippen LogP contribution in [0.2, 0.25) is 0 Å². The van der Waals surface area contributed by atoms with Crippen LogP contribution < -0.4 is 5.32 Å². The van der Waals surface area contributed by atoms with E-state index in [1.807, 2.05) is 13.0 Å². The molecule has 0 unspecified atom stereocenters. The van der Waals surface area contributed by atoms with Crippen molar-refractivity contribution in [3.05, 3.63) is 71.3 Å². The van der Waals surface area contributed by atoms with E-state index in [2.05, 4.69) is 10.1 Å². The maximum absolute atomic E-state index is 12.7. The predicted octanol–water partition coefficient (Wildman–Crippen LogP) is 3.15. The van der Waals surface area contributed by atoms with E-state index in [1.165, 1.54) is 12.1 Å². The van der Waals surface area contributed by atoms with Crippen molar-refractivity contribution in [1.29, 1.82) is 0 Å². The SMILES string of the molecule is CCc1ccc(S(=O)(=O)/C(=C/Nc2ccccc2)C(=O)OC)cc1. The molecule has 2 rings (SSSR count). The minimum atomic E-state index is -3.98. The number of para-hydroxylation sites is 1. The van der Waals surface area contributed by atoms with Gasteiger partial charge in [-0.3, -0.25) is 0 Å². The number of carbonyl (C=O) groups is 1. The number of benzene rings is 2. The molecule has 1 N–H and O–H groups in total. The number of sulfone groups is 1. The summed E-state index contributed by atoms with van der Waals surface area (Å²) in [4.78, 5) is 11.6. The zero-order chi connectivity index (χ0) is 17.6. The predicted molar refractivity (Wildman–Crippen MR) is 93.2 cm³/mol. The molecule has 0 aliphatic rings. The van der Waals surface area contributed by atoms with Gasteiger partial charge in [0.05, 0.1) is 12.0 Å². The first-order chi connectivity index (χ1) is 11.5. The minimum Gasteiger partial charge on any atom is -0.465 e. The standard InChI is InChI=1S/C18H19NO4S/c1-3-14-9-11-16(12-10-14)24(21,22)17(18(20)23-2)13-19-15-7-5-4-6-8-15/h4-13,19H,3H2,1-2H3/b17-13+. The lowest BCUT2D eigenvalue weighted by atomic mass is 10.2. The highest BCUT2D eigenvalue weighted by molar-refractivity contribution is 7.96. The number of anilines is 1. The Kier molecular flexibility index (Phi) is 5.76. The molecule has 0 bridgehead atoms. The average Bonchev–Trinajstić information content (AvgIpc) is 2.62. The number of aryl methyl sites for hydroxylation is 1. The largest absolute Gasteiger partial charge is 0.465 e. The smallest absolute Gasteiger partial charge is 0.351 e. The van der Waals surface area contributed by atoms with Gasteiger partial charge in [0.2, 0.25) is 9.84 Å². The third-order valence-corrected chi connectivity index (χ3v) is 5.22. The summed E-state index contributed by atoms with van der Waals surface area (Å²) in [6.45, 7) is 1.98. The molecule has 0 radical (unpaired) electrons. The lowest BCUT2D eigenvalue weighted by Gasteiger charge is -2.09. The van der Waals surface area contributed by atoms with E-state index >= 15 is 0 Å². The van der Waals surface area contributed by atoms with Gasteiger partial charge in [0.25, 0.3) is 0 Å². The van der Waals surface area contributed by atoms with E-state index in [0.29, 0.717) is 5.69 Å². The Labute approximate surface area is 141 Å². The van der Waals surface area contributed by atoms with Crippen molar-refractivity contribution >= 4 is 21.5 Å². The van der Waals surface area contributed by atoms with Crippen molar-refractivity contribution < 1.29 is 17.9 Å². The normalized spacial score (nSPS) is 11.8. The van der Waals surface area contributed by atoms with Gasteiger partial charge in [0.1, 0.15) is 0 Å². The molecule has 5 nitrogen and oxygen atoms in total. The summed E-state index contributed by atoms with van der Waals surface area (Å²) in [5.74, 6) is -0.919. The second kappa shape index (κ2) is 7.79. The highest BCUT2D eigenvalue weighted by Gasteiger charge is 2.28. The highest BCUT2D eigenvalue weighted by Crippen LogP contribution is 2.21. The van der Waals surface area contributed by atoms with Gasteiger partial charge >= 0.3 is 5.97 Å². The van der Waals surface area contributed by atoms with Crippen molar-refractivity contribution in [3.63, 3.8) is 0 Å². The van der Waals surface area contributed by atoms with Crippen molar-refractivity contribution in [2.24, 2.45) is 0 Å². The van der Waals surface area contributed by atoms with Gasteiger partial charge in [-0.25, -0.2) is 13.2 Å². The number of methoxy groups -OCH3 is 1. The van der Waals surface area contributed by atoms with Crippen molar-refractivity contribution in [2.45, 2.75) is 18.2 Å². The minimum absolute atomic E-state index is 0.0474. The molecule has 2 aromatic rings. The molecule has 0 amide bonds. The monoisotopic (exact) mass is 345 g/mol. The lowest BCUT2D eigenvalue weighted by molar-refractivity contribution is -0.135. The topological polar surface area (TPSA) is 72.5 Å².